The number of carbonyl (C=O) groups excluding carboxylic acids is 2. The van der Waals surface area contributed by atoms with Crippen LogP contribution in [0.1, 0.15) is 55.4 Å². The van der Waals surface area contributed by atoms with Crippen molar-refractivity contribution >= 4 is 27.5 Å². The summed E-state index contributed by atoms with van der Waals surface area (Å²) in [6, 6.07) is 24.2. The van der Waals surface area contributed by atoms with Gasteiger partial charge < -0.3 is 10.2 Å². The third-order valence-corrected chi connectivity index (χ3v) is 8.38. The molecule has 0 spiro atoms. The van der Waals surface area contributed by atoms with Gasteiger partial charge in [-0.25, -0.2) is 8.42 Å². The minimum absolute atomic E-state index is 0.0328. The fraction of sp³-hybridized carbons (Fsp3) is 0.394. The normalized spacial score (nSPS) is 12.8. The van der Waals surface area contributed by atoms with Crippen LogP contribution in [0.4, 0.5) is 5.69 Å². The molecule has 7 nitrogen and oxygen atoms in total. The van der Waals surface area contributed by atoms with Gasteiger partial charge in [-0.3, -0.25) is 13.9 Å². The van der Waals surface area contributed by atoms with Gasteiger partial charge in [0.1, 0.15) is 6.04 Å². The number of nitrogens with one attached hydrogen (secondary N) is 1. The van der Waals surface area contributed by atoms with Crippen LogP contribution in [0.2, 0.25) is 0 Å². The van der Waals surface area contributed by atoms with E-state index < -0.39 is 16.1 Å². The Morgan fingerprint density at radius 2 is 1.54 bits per heavy atom. The van der Waals surface area contributed by atoms with E-state index in [1.54, 1.807) is 17.0 Å². The summed E-state index contributed by atoms with van der Waals surface area (Å²) in [7, 11) is -3.54. The maximum atomic E-state index is 13.9. The largest absolute Gasteiger partial charge is 0.352 e. The van der Waals surface area contributed by atoms with Crippen LogP contribution in [0.3, 0.4) is 0 Å². The standard InChI is InChI=1S/C33H43N3O4S/c1-6-27(4)34-33(38)31(23-28-13-8-7-9-14-28)35(24-29-15-10-12-26(3)22-29)32(37)16-11-21-36(41(5,39)40)30-19-17-25(2)18-20-30/h7-10,12-15,17-20,22,27,31H,6,11,16,21,23-24H2,1-5H3,(H,34,38)/t27-,31+/m1/s1. The van der Waals surface area contributed by atoms with Crippen LogP contribution >= 0.6 is 0 Å². The lowest BCUT2D eigenvalue weighted by atomic mass is 10.0. The monoisotopic (exact) mass is 577 g/mol. The molecule has 3 aromatic carbocycles. The van der Waals surface area contributed by atoms with Crippen molar-refractivity contribution in [2.24, 2.45) is 0 Å². The van der Waals surface area contributed by atoms with Crippen LogP contribution in [0.25, 0.3) is 0 Å². The fourth-order valence-corrected chi connectivity index (χ4v) is 5.68. The quantitative estimate of drug-likeness (QED) is 0.278. The number of amides is 2. The minimum Gasteiger partial charge on any atom is -0.352 e. The van der Waals surface area contributed by atoms with E-state index in [4.69, 9.17) is 0 Å². The third-order valence-electron chi connectivity index (χ3n) is 7.18. The van der Waals surface area contributed by atoms with Gasteiger partial charge in [0.2, 0.25) is 21.8 Å². The van der Waals surface area contributed by atoms with Crippen molar-refractivity contribution in [2.75, 3.05) is 17.1 Å². The molecule has 220 valence electrons. The number of rotatable bonds is 14. The lowest BCUT2D eigenvalue weighted by molar-refractivity contribution is -0.141. The second-order valence-corrected chi connectivity index (χ2v) is 12.7. The number of anilines is 1. The maximum absolute atomic E-state index is 13.9. The molecule has 0 aliphatic rings. The molecule has 2 atom stereocenters. The highest BCUT2D eigenvalue weighted by Crippen LogP contribution is 2.21. The molecule has 0 aliphatic heterocycles. The zero-order valence-electron chi connectivity index (χ0n) is 24.8. The molecule has 0 saturated heterocycles. The van der Waals surface area contributed by atoms with Gasteiger partial charge in [0, 0.05) is 32.0 Å². The van der Waals surface area contributed by atoms with Crippen LogP contribution in [0.15, 0.2) is 78.9 Å². The van der Waals surface area contributed by atoms with Gasteiger partial charge in [0.15, 0.2) is 0 Å². The molecule has 2 amide bonds. The zero-order chi connectivity index (χ0) is 30.0. The first kappa shape index (κ1) is 31.9. The summed E-state index contributed by atoms with van der Waals surface area (Å²) < 4.78 is 26.6. The Hall–Kier alpha value is -3.65. The van der Waals surface area contributed by atoms with Gasteiger partial charge in [-0.15, -0.1) is 0 Å². The summed E-state index contributed by atoms with van der Waals surface area (Å²) >= 11 is 0. The van der Waals surface area contributed by atoms with E-state index in [1.165, 1.54) is 10.6 Å². The van der Waals surface area contributed by atoms with Crippen LogP contribution < -0.4 is 9.62 Å². The van der Waals surface area contributed by atoms with Crippen molar-refractivity contribution in [3.63, 3.8) is 0 Å². The van der Waals surface area contributed by atoms with Crippen LogP contribution in [0, 0.1) is 13.8 Å². The lowest BCUT2D eigenvalue weighted by Gasteiger charge is -2.33. The molecule has 8 heteroatoms. The molecule has 0 aliphatic carbocycles. The molecule has 1 N–H and O–H groups in total. The summed E-state index contributed by atoms with van der Waals surface area (Å²) in [4.78, 5) is 29.2. The van der Waals surface area contributed by atoms with E-state index in [-0.39, 0.29) is 37.4 Å². The number of carbonyl (C=O) groups is 2. The van der Waals surface area contributed by atoms with Gasteiger partial charge in [0.05, 0.1) is 11.9 Å². The van der Waals surface area contributed by atoms with Gasteiger partial charge in [-0.1, -0.05) is 84.8 Å². The van der Waals surface area contributed by atoms with Gasteiger partial charge >= 0.3 is 0 Å². The Labute approximate surface area is 245 Å². The average molecular weight is 578 g/mol. The Kier molecular flexibility index (Phi) is 11.5. The van der Waals surface area contributed by atoms with Crippen molar-refractivity contribution in [1.29, 1.82) is 0 Å². The molecule has 0 radical (unpaired) electrons. The minimum atomic E-state index is -3.54. The van der Waals surface area contributed by atoms with E-state index in [9.17, 15) is 18.0 Å². The molecule has 0 heterocycles. The predicted octanol–water partition coefficient (Wildman–Crippen LogP) is 5.40. The summed E-state index contributed by atoms with van der Waals surface area (Å²) in [6.45, 7) is 8.34. The van der Waals surface area contributed by atoms with E-state index in [2.05, 4.69) is 5.32 Å². The topological polar surface area (TPSA) is 86.8 Å². The molecule has 3 rings (SSSR count). The van der Waals surface area contributed by atoms with Crippen LogP contribution in [-0.4, -0.2) is 50.0 Å². The van der Waals surface area contributed by atoms with Crippen molar-refractivity contribution in [3.8, 4) is 0 Å². The smallest absolute Gasteiger partial charge is 0.243 e. The molecule has 0 fully saturated rings. The molecule has 41 heavy (non-hydrogen) atoms. The Morgan fingerprint density at radius 1 is 0.878 bits per heavy atom. The molecular weight excluding hydrogens is 534 g/mol. The molecule has 0 unspecified atom stereocenters. The second-order valence-electron chi connectivity index (χ2n) is 10.8. The molecule has 0 aromatic heterocycles. The molecule has 0 saturated carbocycles. The number of benzene rings is 3. The Bertz CT molecular complexity index is 1390. The highest BCUT2D eigenvalue weighted by atomic mass is 32.2. The van der Waals surface area contributed by atoms with Crippen molar-refractivity contribution in [2.45, 2.75) is 72.0 Å². The lowest BCUT2D eigenvalue weighted by Crippen LogP contribution is -2.52. The van der Waals surface area contributed by atoms with Crippen LogP contribution in [0.5, 0.6) is 0 Å². The Morgan fingerprint density at radius 3 is 2.15 bits per heavy atom. The summed E-state index contributed by atoms with van der Waals surface area (Å²) in [5.74, 6) is -0.384. The highest BCUT2D eigenvalue weighted by molar-refractivity contribution is 7.92. The van der Waals surface area contributed by atoms with Crippen LogP contribution in [-0.2, 0) is 32.6 Å². The second kappa shape index (κ2) is 14.8. The molecule has 0 bridgehead atoms. The first-order valence-corrected chi connectivity index (χ1v) is 16.1. The fourth-order valence-electron chi connectivity index (χ4n) is 4.72. The first-order chi connectivity index (χ1) is 19.5. The van der Waals surface area contributed by atoms with Crippen molar-refractivity contribution in [1.82, 2.24) is 10.2 Å². The number of aryl methyl sites for hydroxylation is 2. The zero-order valence-corrected chi connectivity index (χ0v) is 25.7. The average Bonchev–Trinajstić information content (AvgIpc) is 2.93. The summed E-state index contributed by atoms with van der Waals surface area (Å²) in [6.07, 6.45) is 2.74. The van der Waals surface area contributed by atoms with Crippen molar-refractivity contribution in [3.05, 3.63) is 101 Å². The first-order valence-electron chi connectivity index (χ1n) is 14.2. The van der Waals surface area contributed by atoms with Gasteiger partial charge in [-0.05, 0) is 56.9 Å². The number of hydrogen-bond acceptors (Lipinski definition) is 4. The Balaban J connectivity index is 1.89. The summed E-state index contributed by atoms with van der Waals surface area (Å²) in [5.41, 5.74) is 4.56. The predicted molar refractivity (Wildman–Crippen MR) is 166 cm³/mol. The number of hydrogen-bond donors (Lipinski definition) is 1. The summed E-state index contributed by atoms with van der Waals surface area (Å²) in [5, 5.41) is 3.08. The van der Waals surface area contributed by atoms with E-state index in [1.807, 2.05) is 94.4 Å². The molecular formula is C33H43N3O4S. The van der Waals surface area contributed by atoms with E-state index in [0.717, 1.165) is 28.7 Å². The third kappa shape index (κ3) is 9.74. The molecule has 3 aromatic rings. The highest BCUT2D eigenvalue weighted by Gasteiger charge is 2.31. The van der Waals surface area contributed by atoms with Gasteiger partial charge in [0.25, 0.3) is 0 Å². The maximum Gasteiger partial charge on any atom is 0.243 e. The SMILES string of the molecule is CC[C@@H](C)NC(=O)[C@H](Cc1ccccc1)N(Cc1cccc(C)c1)C(=O)CCCN(c1ccc(C)cc1)S(C)(=O)=O. The number of sulfonamides is 1. The van der Waals surface area contributed by atoms with Gasteiger partial charge in [-0.2, -0.15) is 0 Å². The van der Waals surface area contributed by atoms with E-state index >= 15 is 0 Å². The van der Waals surface area contributed by atoms with Crippen molar-refractivity contribution < 1.29 is 18.0 Å². The number of nitrogens with zero attached hydrogens (tertiary/aromatic N) is 2. The van der Waals surface area contributed by atoms with E-state index in [0.29, 0.717) is 18.5 Å².